The van der Waals surface area contributed by atoms with E-state index in [9.17, 15) is 5.11 Å². The fourth-order valence-electron chi connectivity index (χ4n) is 3.41. The van der Waals surface area contributed by atoms with E-state index in [1.54, 1.807) is 14.2 Å². The Hall–Kier alpha value is -2.82. The second-order valence-corrected chi connectivity index (χ2v) is 6.88. The molecule has 0 unspecified atom stereocenters. The van der Waals surface area contributed by atoms with Gasteiger partial charge in [0.05, 0.1) is 26.9 Å². The van der Waals surface area contributed by atoms with Crippen LogP contribution >= 0.6 is 0 Å². The van der Waals surface area contributed by atoms with Crippen LogP contribution in [0.15, 0.2) is 78.9 Å². The van der Waals surface area contributed by atoms with Gasteiger partial charge in [-0.05, 0) is 47.4 Å². The number of aliphatic hydroxyl groups excluding tert-OH is 1. The molecule has 152 valence electrons. The third-order valence-electron chi connectivity index (χ3n) is 5.14. The molecule has 0 fully saturated rings. The first kappa shape index (κ1) is 20.9. The summed E-state index contributed by atoms with van der Waals surface area (Å²) in [5.41, 5.74) is 2.02. The molecule has 4 nitrogen and oxygen atoms in total. The van der Waals surface area contributed by atoms with Gasteiger partial charge >= 0.3 is 0 Å². The highest BCUT2D eigenvalue weighted by Gasteiger charge is 2.38. The second-order valence-electron chi connectivity index (χ2n) is 6.88. The third kappa shape index (κ3) is 4.44. The molecule has 0 saturated carbocycles. The lowest BCUT2D eigenvalue weighted by molar-refractivity contribution is -0.0387. The molecule has 3 rings (SSSR count). The average Bonchev–Trinajstić information content (AvgIpc) is 2.80. The van der Waals surface area contributed by atoms with Crippen molar-refractivity contribution >= 4 is 0 Å². The quantitative estimate of drug-likeness (QED) is 0.532. The normalized spacial score (nSPS) is 12.4. The number of methoxy groups -OCH3 is 2. The average molecular weight is 392 g/mol. The summed E-state index contributed by atoms with van der Waals surface area (Å²) >= 11 is 0. The summed E-state index contributed by atoms with van der Waals surface area (Å²) in [6.07, 6.45) is 0.0744. The molecule has 0 saturated heterocycles. The van der Waals surface area contributed by atoms with Crippen LogP contribution in [0.5, 0.6) is 11.5 Å². The molecule has 0 radical (unpaired) electrons. The fraction of sp³-hybridized carbons (Fsp3) is 0.280. The van der Waals surface area contributed by atoms with Gasteiger partial charge in [0.25, 0.3) is 0 Å². The lowest BCUT2D eigenvalue weighted by Crippen LogP contribution is -2.35. The lowest BCUT2D eigenvalue weighted by Gasteiger charge is -2.36. The van der Waals surface area contributed by atoms with Crippen LogP contribution in [-0.4, -0.2) is 32.0 Å². The Labute approximate surface area is 172 Å². The van der Waals surface area contributed by atoms with Crippen LogP contribution in [0.1, 0.15) is 30.0 Å². The summed E-state index contributed by atoms with van der Waals surface area (Å²) in [4.78, 5) is 0. The van der Waals surface area contributed by atoms with Gasteiger partial charge in [-0.1, -0.05) is 61.5 Å². The molecule has 0 aromatic heterocycles. The van der Waals surface area contributed by atoms with Gasteiger partial charge in [-0.3, -0.25) is 0 Å². The number of hydrogen-bond donors (Lipinski definition) is 1. The maximum absolute atomic E-state index is 10.3. The van der Waals surface area contributed by atoms with Crippen molar-refractivity contribution in [3.05, 3.63) is 95.6 Å². The van der Waals surface area contributed by atoms with Gasteiger partial charge in [-0.2, -0.15) is 0 Å². The summed E-state index contributed by atoms with van der Waals surface area (Å²) in [5, 5.41) is 10.3. The van der Waals surface area contributed by atoms with E-state index in [0.717, 1.165) is 28.2 Å². The minimum atomic E-state index is -0.879. The Morgan fingerprint density at radius 1 is 0.724 bits per heavy atom. The first-order valence-electron chi connectivity index (χ1n) is 9.80. The molecule has 4 heteroatoms. The van der Waals surface area contributed by atoms with E-state index >= 15 is 0 Å². The van der Waals surface area contributed by atoms with Gasteiger partial charge in [-0.25, -0.2) is 0 Å². The molecule has 1 N–H and O–H groups in total. The van der Waals surface area contributed by atoms with Crippen molar-refractivity contribution in [3.8, 4) is 11.5 Å². The van der Waals surface area contributed by atoms with Crippen molar-refractivity contribution in [1.29, 1.82) is 0 Å². The molecule has 0 aliphatic heterocycles. The maximum Gasteiger partial charge on any atom is 0.143 e. The van der Waals surface area contributed by atoms with Crippen LogP contribution in [0, 0.1) is 0 Å². The first-order chi connectivity index (χ1) is 14.1. The van der Waals surface area contributed by atoms with E-state index in [1.165, 1.54) is 0 Å². The van der Waals surface area contributed by atoms with Crippen LogP contribution in [0.2, 0.25) is 0 Å². The number of benzene rings is 3. The van der Waals surface area contributed by atoms with Crippen molar-refractivity contribution in [3.63, 3.8) is 0 Å². The van der Waals surface area contributed by atoms with Crippen LogP contribution in [0.3, 0.4) is 0 Å². The largest absolute Gasteiger partial charge is 0.497 e. The molecule has 3 aromatic rings. The molecule has 1 atom stereocenters. The summed E-state index contributed by atoms with van der Waals surface area (Å²) in [5.74, 6) is 1.55. The van der Waals surface area contributed by atoms with Gasteiger partial charge in [0.15, 0.2) is 0 Å². The fourth-order valence-corrected chi connectivity index (χ4v) is 3.41. The number of ether oxygens (including phenoxy) is 3. The third-order valence-corrected chi connectivity index (χ3v) is 5.14. The van der Waals surface area contributed by atoms with Crippen LogP contribution in [0.4, 0.5) is 0 Å². The zero-order chi connectivity index (χ0) is 20.7. The molecule has 0 heterocycles. The molecular formula is C25H28O4. The SMILES string of the molecule is CC[C@H](O)COC(c1ccccc1)(c1ccc(OC)cc1)c1ccc(OC)cc1. The van der Waals surface area contributed by atoms with Crippen molar-refractivity contribution in [2.45, 2.75) is 25.0 Å². The van der Waals surface area contributed by atoms with Crippen molar-refractivity contribution in [1.82, 2.24) is 0 Å². The highest BCUT2D eigenvalue weighted by Crippen LogP contribution is 2.41. The van der Waals surface area contributed by atoms with Gasteiger partial charge in [-0.15, -0.1) is 0 Å². The summed E-state index contributed by atoms with van der Waals surface area (Å²) < 4.78 is 17.2. The number of aliphatic hydroxyl groups is 1. The van der Waals surface area contributed by atoms with E-state index in [0.29, 0.717) is 6.42 Å². The zero-order valence-corrected chi connectivity index (χ0v) is 17.2. The van der Waals surface area contributed by atoms with Crippen LogP contribution < -0.4 is 9.47 Å². The molecule has 0 amide bonds. The highest BCUT2D eigenvalue weighted by atomic mass is 16.5. The molecule has 29 heavy (non-hydrogen) atoms. The minimum absolute atomic E-state index is 0.212. The van der Waals surface area contributed by atoms with Gasteiger partial charge in [0, 0.05) is 0 Å². The second kappa shape index (κ2) is 9.59. The Kier molecular flexibility index (Phi) is 6.91. The van der Waals surface area contributed by atoms with Crippen molar-refractivity contribution in [2.75, 3.05) is 20.8 Å². The molecule has 0 aliphatic carbocycles. The van der Waals surface area contributed by atoms with Crippen molar-refractivity contribution < 1.29 is 19.3 Å². The van der Waals surface area contributed by atoms with Crippen molar-refractivity contribution in [2.24, 2.45) is 0 Å². The number of rotatable bonds is 9. The lowest BCUT2D eigenvalue weighted by atomic mass is 9.80. The van der Waals surface area contributed by atoms with E-state index in [2.05, 4.69) is 0 Å². The molecule has 0 aliphatic rings. The molecule has 3 aromatic carbocycles. The smallest absolute Gasteiger partial charge is 0.143 e. The van der Waals surface area contributed by atoms with Crippen LogP contribution in [0.25, 0.3) is 0 Å². The van der Waals surface area contributed by atoms with E-state index in [4.69, 9.17) is 14.2 Å². The monoisotopic (exact) mass is 392 g/mol. The highest BCUT2D eigenvalue weighted by molar-refractivity contribution is 5.49. The Morgan fingerprint density at radius 2 is 1.17 bits per heavy atom. The van der Waals surface area contributed by atoms with Gasteiger partial charge in [0.1, 0.15) is 17.1 Å². The van der Waals surface area contributed by atoms with Crippen LogP contribution in [-0.2, 0) is 10.3 Å². The standard InChI is InChI=1S/C25H28O4/c1-4-22(26)18-29-25(19-8-6-5-7-9-19,20-10-14-23(27-2)15-11-20)21-12-16-24(28-3)17-13-21/h5-17,22,26H,4,18H2,1-3H3/t22-/m0/s1. The Bertz CT molecular complexity index is 825. The minimum Gasteiger partial charge on any atom is -0.497 e. The van der Waals surface area contributed by atoms with E-state index in [-0.39, 0.29) is 6.61 Å². The topological polar surface area (TPSA) is 47.9 Å². The molecule has 0 bridgehead atoms. The predicted octanol–water partition coefficient (Wildman–Crippen LogP) is 4.78. The van der Waals surface area contributed by atoms with Gasteiger partial charge < -0.3 is 19.3 Å². The molecule has 0 spiro atoms. The predicted molar refractivity (Wildman–Crippen MR) is 115 cm³/mol. The first-order valence-corrected chi connectivity index (χ1v) is 9.80. The summed E-state index contributed by atoms with van der Waals surface area (Å²) in [6, 6.07) is 25.8. The summed E-state index contributed by atoms with van der Waals surface area (Å²) in [7, 11) is 3.30. The number of hydrogen-bond acceptors (Lipinski definition) is 4. The Morgan fingerprint density at radius 3 is 1.59 bits per heavy atom. The van der Waals surface area contributed by atoms with E-state index in [1.807, 2.05) is 85.8 Å². The zero-order valence-electron chi connectivity index (χ0n) is 17.2. The van der Waals surface area contributed by atoms with Gasteiger partial charge in [0.2, 0.25) is 0 Å². The maximum atomic E-state index is 10.3. The molecular weight excluding hydrogens is 364 g/mol. The van der Waals surface area contributed by atoms with E-state index < -0.39 is 11.7 Å². The summed E-state index contributed by atoms with van der Waals surface area (Å²) in [6.45, 7) is 2.16. The Balaban J connectivity index is 2.21.